The van der Waals surface area contributed by atoms with E-state index in [-0.39, 0.29) is 12.5 Å². The first kappa shape index (κ1) is 15.8. The number of carbonyl (C=O) groups excluding carboxylic acids is 1. The Morgan fingerprint density at radius 3 is 2.90 bits per heavy atom. The first-order chi connectivity index (χ1) is 10.1. The van der Waals surface area contributed by atoms with E-state index in [4.69, 9.17) is 5.11 Å². The summed E-state index contributed by atoms with van der Waals surface area (Å²) in [6.07, 6.45) is 0.489. The molecule has 0 atom stereocenters. The van der Waals surface area contributed by atoms with Crippen molar-refractivity contribution in [1.82, 2.24) is 4.90 Å². The van der Waals surface area contributed by atoms with E-state index in [9.17, 15) is 4.79 Å². The zero-order valence-corrected chi connectivity index (χ0v) is 13.7. The number of hydrogen-bond acceptors (Lipinski definition) is 4. The average Bonchev–Trinajstić information content (AvgIpc) is 3.07. The van der Waals surface area contributed by atoms with Gasteiger partial charge in [0.1, 0.15) is 0 Å². The Labute approximate surface area is 132 Å². The van der Waals surface area contributed by atoms with Crippen LogP contribution in [0.1, 0.15) is 31.4 Å². The van der Waals surface area contributed by atoms with Gasteiger partial charge in [-0.2, -0.15) is 0 Å². The van der Waals surface area contributed by atoms with Crippen molar-refractivity contribution in [3.05, 3.63) is 43.8 Å². The summed E-state index contributed by atoms with van der Waals surface area (Å²) in [4.78, 5) is 16.9. The molecule has 0 aliphatic rings. The molecule has 0 fully saturated rings. The maximum Gasteiger partial charge on any atom is 0.263 e. The third-order valence-corrected chi connectivity index (χ3v) is 4.70. The highest BCUT2D eigenvalue weighted by Gasteiger charge is 2.14. The van der Waals surface area contributed by atoms with Gasteiger partial charge in [0.05, 0.1) is 16.4 Å². The van der Waals surface area contributed by atoms with Crippen molar-refractivity contribution < 1.29 is 9.90 Å². The molecule has 2 aromatic heterocycles. The molecule has 0 aliphatic heterocycles. The van der Waals surface area contributed by atoms with E-state index in [1.165, 1.54) is 11.3 Å². The van der Waals surface area contributed by atoms with Gasteiger partial charge in [0, 0.05) is 24.9 Å². The molecule has 5 heteroatoms. The van der Waals surface area contributed by atoms with Gasteiger partial charge < -0.3 is 10.0 Å². The van der Waals surface area contributed by atoms with Crippen molar-refractivity contribution in [3.63, 3.8) is 0 Å². The molecule has 2 rings (SSSR count). The molecule has 2 aromatic rings. The van der Waals surface area contributed by atoms with Gasteiger partial charge in [-0.15, -0.1) is 22.7 Å². The van der Waals surface area contributed by atoms with Crippen LogP contribution < -0.4 is 0 Å². The number of aryl methyl sites for hydroxylation is 1. The lowest BCUT2D eigenvalue weighted by Crippen LogP contribution is -2.25. The minimum Gasteiger partial charge on any atom is -0.395 e. The van der Waals surface area contributed by atoms with Crippen molar-refractivity contribution in [1.29, 1.82) is 0 Å². The molecule has 21 heavy (non-hydrogen) atoms. The monoisotopic (exact) mass is 319 g/mol. The predicted molar refractivity (Wildman–Crippen MR) is 87.8 cm³/mol. The number of aliphatic hydroxyl groups is 1. The van der Waals surface area contributed by atoms with Crippen molar-refractivity contribution in [2.24, 2.45) is 0 Å². The van der Waals surface area contributed by atoms with Crippen molar-refractivity contribution in [2.75, 3.05) is 13.7 Å². The molecule has 0 saturated heterocycles. The summed E-state index contributed by atoms with van der Waals surface area (Å²) in [5, 5.41) is 10.7. The third kappa shape index (κ3) is 4.43. The minimum atomic E-state index is 0.0483. The van der Waals surface area contributed by atoms with E-state index in [0.29, 0.717) is 13.0 Å². The number of amides is 1. The second kappa shape index (κ2) is 7.41. The number of carbonyl (C=O) groups is 1. The lowest BCUT2D eigenvalue weighted by molar-refractivity contribution is 0.0790. The van der Waals surface area contributed by atoms with Crippen molar-refractivity contribution in [2.45, 2.75) is 19.9 Å². The van der Waals surface area contributed by atoms with E-state index in [1.54, 1.807) is 16.2 Å². The van der Waals surface area contributed by atoms with Gasteiger partial charge in [0.25, 0.3) is 5.91 Å². The van der Waals surface area contributed by atoms with Crippen molar-refractivity contribution >= 4 is 28.6 Å². The normalized spacial score (nSPS) is 10.0. The zero-order valence-electron chi connectivity index (χ0n) is 12.0. The van der Waals surface area contributed by atoms with E-state index < -0.39 is 0 Å². The van der Waals surface area contributed by atoms with E-state index in [2.05, 4.69) is 11.8 Å². The highest BCUT2D eigenvalue weighted by molar-refractivity contribution is 7.14. The molecule has 2 heterocycles. The average molecular weight is 319 g/mol. The van der Waals surface area contributed by atoms with Crippen molar-refractivity contribution in [3.8, 4) is 11.8 Å². The molecule has 0 unspecified atom stereocenters. The number of aliphatic hydroxyl groups excluding tert-OH is 1. The Bertz CT molecular complexity index is 676. The first-order valence-electron chi connectivity index (χ1n) is 6.59. The number of nitrogens with zero attached hydrogens (tertiary/aromatic N) is 1. The molecule has 1 amide bonds. The number of hydrogen-bond donors (Lipinski definition) is 1. The molecule has 3 nitrogen and oxygen atoms in total. The second-order valence-electron chi connectivity index (χ2n) is 4.67. The van der Waals surface area contributed by atoms with Crippen LogP contribution in [0, 0.1) is 18.8 Å². The molecule has 0 aliphatic carbocycles. The van der Waals surface area contributed by atoms with Gasteiger partial charge in [-0.1, -0.05) is 11.8 Å². The summed E-state index contributed by atoms with van der Waals surface area (Å²) in [5.74, 6) is 5.96. The summed E-state index contributed by atoms with van der Waals surface area (Å²) in [6, 6.07) is 5.84. The summed E-state index contributed by atoms with van der Waals surface area (Å²) < 4.78 is 0. The van der Waals surface area contributed by atoms with Gasteiger partial charge in [-0.25, -0.2) is 0 Å². The summed E-state index contributed by atoms with van der Waals surface area (Å²) in [7, 11) is 1.81. The van der Waals surface area contributed by atoms with E-state index >= 15 is 0 Å². The number of thiophene rings is 2. The smallest absolute Gasteiger partial charge is 0.263 e. The molecule has 0 radical (unpaired) electrons. The van der Waals surface area contributed by atoms with E-state index in [0.717, 1.165) is 20.2 Å². The van der Waals surface area contributed by atoms with Crippen LogP contribution in [0.15, 0.2) is 23.6 Å². The fraction of sp³-hybridized carbons (Fsp3) is 0.312. The van der Waals surface area contributed by atoms with Gasteiger partial charge in [-0.05, 0) is 36.1 Å². The first-order valence-corrected chi connectivity index (χ1v) is 8.29. The molecule has 0 aromatic carbocycles. The van der Waals surface area contributed by atoms with Crippen LogP contribution in [0.4, 0.5) is 0 Å². The minimum absolute atomic E-state index is 0.0483. The Morgan fingerprint density at radius 2 is 2.24 bits per heavy atom. The summed E-state index contributed by atoms with van der Waals surface area (Å²) in [5.41, 5.74) is 1.08. The summed E-state index contributed by atoms with van der Waals surface area (Å²) >= 11 is 3.08. The van der Waals surface area contributed by atoms with Crippen LogP contribution in [-0.2, 0) is 6.54 Å². The van der Waals surface area contributed by atoms with Gasteiger partial charge >= 0.3 is 0 Å². The molecule has 0 saturated carbocycles. The number of rotatable bonds is 4. The van der Waals surface area contributed by atoms with E-state index in [1.807, 2.05) is 37.6 Å². The topological polar surface area (TPSA) is 40.5 Å². The third-order valence-electron chi connectivity index (χ3n) is 2.82. The highest BCUT2D eigenvalue weighted by atomic mass is 32.1. The molecule has 0 bridgehead atoms. The van der Waals surface area contributed by atoms with Crippen LogP contribution in [0.25, 0.3) is 0 Å². The van der Waals surface area contributed by atoms with Gasteiger partial charge in [-0.3, -0.25) is 4.79 Å². The Hall–Kier alpha value is -1.61. The standard InChI is InChI=1S/C16H17NO2S2/c1-12-6-7-15(21-12)16(19)17(2)10-13-9-14(20-11-13)5-3-4-8-18/h6-7,9,11,18H,4,8,10H2,1-2H3. The molecular formula is C16H17NO2S2. The van der Waals surface area contributed by atoms with Crippen LogP contribution in [0.3, 0.4) is 0 Å². The van der Waals surface area contributed by atoms with Crippen LogP contribution in [-0.4, -0.2) is 29.6 Å². The van der Waals surface area contributed by atoms with Crippen LogP contribution in [0.2, 0.25) is 0 Å². The quantitative estimate of drug-likeness (QED) is 0.880. The lowest BCUT2D eigenvalue weighted by Gasteiger charge is -2.15. The predicted octanol–water partition coefficient (Wildman–Crippen LogP) is 3.12. The Morgan fingerprint density at radius 1 is 1.43 bits per heavy atom. The molecule has 1 N–H and O–H groups in total. The fourth-order valence-corrected chi connectivity index (χ4v) is 3.45. The maximum atomic E-state index is 12.3. The summed E-state index contributed by atoms with van der Waals surface area (Å²) in [6.45, 7) is 2.66. The van der Waals surface area contributed by atoms with Gasteiger partial charge in [0.15, 0.2) is 0 Å². The molecule has 0 spiro atoms. The van der Waals surface area contributed by atoms with Gasteiger partial charge in [0.2, 0.25) is 0 Å². The lowest BCUT2D eigenvalue weighted by atomic mass is 10.2. The molecule has 110 valence electrons. The SMILES string of the molecule is Cc1ccc(C(=O)N(C)Cc2csc(C#CCCO)c2)s1. The highest BCUT2D eigenvalue weighted by Crippen LogP contribution is 2.19. The zero-order chi connectivity index (χ0) is 15.2. The van der Waals surface area contributed by atoms with Crippen LogP contribution in [0.5, 0.6) is 0 Å². The Balaban J connectivity index is 1.98. The van der Waals surface area contributed by atoms with Crippen LogP contribution >= 0.6 is 22.7 Å². The second-order valence-corrected chi connectivity index (χ2v) is 6.87. The molecular weight excluding hydrogens is 302 g/mol. The fourth-order valence-electron chi connectivity index (χ4n) is 1.81. The largest absolute Gasteiger partial charge is 0.395 e. The Kier molecular flexibility index (Phi) is 5.57. The maximum absolute atomic E-state index is 12.3.